The number of amides is 2. The normalized spacial score (nSPS) is 16.8. The van der Waals surface area contributed by atoms with Crippen molar-refractivity contribution < 1.29 is 14.1 Å². The lowest BCUT2D eigenvalue weighted by Gasteiger charge is -2.31. The number of carbonyl (C=O) groups is 2. The van der Waals surface area contributed by atoms with Crippen molar-refractivity contribution in [3.05, 3.63) is 71.2 Å². The van der Waals surface area contributed by atoms with Gasteiger partial charge in [-0.3, -0.25) is 9.59 Å². The fraction of sp³-hybridized carbons (Fsp3) is 0.429. The van der Waals surface area contributed by atoms with Crippen LogP contribution in [0, 0.1) is 5.92 Å². The van der Waals surface area contributed by atoms with E-state index in [-0.39, 0.29) is 17.9 Å². The van der Waals surface area contributed by atoms with Crippen LogP contribution in [0.3, 0.4) is 0 Å². The van der Waals surface area contributed by atoms with Gasteiger partial charge in [0, 0.05) is 31.6 Å². The molecular weight excluding hydrogens is 454 g/mol. The van der Waals surface area contributed by atoms with Gasteiger partial charge in [-0.1, -0.05) is 36.6 Å². The summed E-state index contributed by atoms with van der Waals surface area (Å²) in [6.07, 6.45) is 9.41. The van der Waals surface area contributed by atoms with E-state index in [4.69, 9.17) is 4.52 Å². The number of carbonyl (C=O) groups excluding carboxylic acids is 2. The highest BCUT2D eigenvalue weighted by Gasteiger charge is 2.31. The molecule has 0 bridgehead atoms. The van der Waals surface area contributed by atoms with E-state index >= 15 is 0 Å². The molecule has 3 aromatic rings. The second-order valence-electron chi connectivity index (χ2n) is 10.1. The molecule has 2 aromatic heterocycles. The van der Waals surface area contributed by atoms with E-state index in [1.54, 1.807) is 18.3 Å². The van der Waals surface area contributed by atoms with E-state index < -0.39 is 0 Å². The summed E-state index contributed by atoms with van der Waals surface area (Å²) in [4.78, 5) is 32.4. The summed E-state index contributed by atoms with van der Waals surface area (Å²) in [5, 5.41) is 10.2. The zero-order valence-corrected chi connectivity index (χ0v) is 20.9. The zero-order chi connectivity index (χ0) is 25.1. The number of hydrogen-bond donors (Lipinski definition) is 2. The molecule has 8 heteroatoms. The van der Waals surface area contributed by atoms with Crippen LogP contribution in [0.5, 0.6) is 0 Å². The Balaban J connectivity index is 1.34. The average Bonchev–Trinajstić information content (AvgIpc) is 3.64. The minimum atomic E-state index is -0.233. The maximum Gasteiger partial charge on any atom is 0.273 e. The number of pyridine rings is 1. The van der Waals surface area contributed by atoms with Crippen molar-refractivity contribution in [1.82, 2.24) is 15.5 Å². The summed E-state index contributed by atoms with van der Waals surface area (Å²) < 4.78 is 5.40. The lowest BCUT2D eigenvalue weighted by Crippen LogP contribution is -2.34. The molecule has 2 heterocycles. The molecule has 2 aliphatic rings. The SMILES string of the molecule is CN(C)c1ccc(NC(=O)c2cccc(C(NC(=O)c3cc(C4CC4)on3)C3CCCCC3)c2)cn1. The van der Waals surface area contributed by atoms with E-state index in [2.05, 4.69) is 20.8 Å². The van der Waals surface area contributed by atoms with Gasteiger partial charge in [-0.05, 0) is 61.4 Å². The minimum absolute atomic E-state index is 0.201. The maximum absolute atomic E-state index is 13.1. The summed E-state index contributed by atoms with van der Waals surface area (Å²) in [6, 6.07) is 12.8. The van der Waals surface area contributed by atoms with E-state index in [1.807, 2.05) is 49.3 Å². The minimum Gasteiger partial charge on any atom is -0.363 e. The van der Waals surface area contributed by atoms with Crippen molar-refractivity contribution in [3.8, 4) is 0 Å². The Bertz CT molecular complexity index is 1210. The van der Waals surface area contributed by atoms with E-state index in [0.717, 1.165) is 55.7 Å². The van der Waals surface area contributed by atoms with Crippen LogP contribution < -0.4 is 15.5 Å². The molecular formula is C28H33N5O3. The standard InChI is InChI=1S/C28H33N5O3/c1-33(2)25-14-13-22(17-29-25)30-27(34)21-10-6-9-20(15-21)26(19-7-4-3-5-8-19)31-28(35)23-16-24(36-32-23)18-11-12-18/h6,9-10,13-19,26H,3-5,7-8,11-12H2,1-2H3,(H,30,34)(H,31,35). The van der Waals surface area contributed by atoms with Crippen molar-refractivity contribution in [2.24, 2.45) is 5.92 Å². The molecule has 2 fully saturated rings. The number of anilines is 2. The first-order valence-electron chi connectivity index (χ1n) is 12.8. The van der Waals surface area contributed by atoms with Crippen molar-refractivity contribution >= 4 is 23.3 Å². The third-order valence-corrected chi connectivity index (χ3v) is 7.12. The van der Waals surface area contributed by atoms with Gasteiger partial charge >= 0.3 is 0 Å². The fourth-order valence-electron chi connectivity index (χ4n) is 4.91. The van der Waals surface area contributed by atoms with Gasteiger partial charge in [0.05, 0.1) is 17.9 Å². The molecule has 1 atom stereocenters. The van der Waals surface area contributed by atoms with Crippen LogP contribution in [-0.2, 0) is 0 Å². The van der Waals surface area contributed by atoms with Crippen molar-refractivity contribution in [2.75, 3.05) is 24.3 Å². The largest absolute Gasteiger partial charge is 0.363 e. The third-order valence-electron chi connectivity index (χ3n) is 7.12. The Morgan fingerprint density at radius 3 is 2.50 bits per heavy atom. The van der Waals surface area contributed by atoms with Gasteiger partial charge in [-0.2, -0.15) is 0 Å². The molecule has 2 N–H and O–H groups in total. The molecule has 2 saturated carbocycles. The summed E-state index contributed by atoms with van der Waals surface area (Å²) in [5.74, 6) is 1.87. The van der Waals surface area contributed by atoms with Crippen molar-refractivity contribution in [3.63, 3.8) is 0 Å². The molecule has 5 rings (SSSR count). The molecule has 188 valence electrons. The molecule has 1 unspecified atom stereocenters. The lowest BCUT2D eigenvalue weighted by atomic mass is 9.80. The number of benzene rings is 1. The smallest absolute Gasteiger partial charge is 0.273 e. The highest BCUT2D eigenvalue weighted by molar-refractivity contribution is 6.04. The second-order valence-corrected chi connectivity index (χ2v) is 10.1. The summed E-state index contributed by atoms with van der Waals surface area (Å²) in [6.45, 7) is 0. The maximum atomic E-state index is 13.1. The van der Waals surface area contributed by atoms with Gasteiger partial charge in [0.1, 0.15) is 11.6 Å². The van der Waals surface area contributed by atoms with Crippen molar-refractivity contribution in [2.45, 2.75) is 56.9 Å². The Labute approximate surface area is 211 Å². The number of rotatable bonds is 8. The molecule has 2 amide bonds. The summed E-state index contributed by atoms with van der Waals surface area (Å²) >= 11 is 0. The van der Waals surface area contributed by atoms with Gasteiger partial charge in [0.2, 0.25) is 0 Å². The highest BCUT2D eigenvalue weighted by Crippen LogP contribution is 2.40. The number of nitrogens with zero attached hydrogens (tertiary/aromatic N) is 3. The Hall–Kier alpha value is -3.68. The topological polar surface area (TPSA) is 100 Å². The molecule has 1 aromatic carbocycles. The Kier molecular flexibility index (Phi) is 7.02. The summed E-state index contributed by atoms with van der Waals surface area (Å²) in [7, 11) is 3.84. The van der Waals surface area contributed by atoms with Crippen LogP contribution >= 0.6 is 0 Å². The zero-order valence-electron chi connectivity index (χ0n) is 20.9. The van der Waals surface area contributed by atoms with Crippen LogP contribution in [0.2, 0.25) is 0 Å². The predicted octanol–water partition coefficient (Wildman–Crippen LogP) is 5.32. The highest BCUT2D eigenvalue weighted by atomic mass is 16.5. The molecule has 0 aliphatic heterocycles. The molecule has 8 nitrogen and oxygen atoms in total. The van der Waals surface area contributed by atoms with Gasteiger partial charge < -0.3 is 20.1 Å². The van der Waals surface area contributed by atoms with Gasteiger partial charge in [-0.15, -0.1) is 0 Å². The number of hydrogen-bond acceptors (Lipinski definition) is 6. The van der Waals surface area contributed by atoms with Gasteiger partial charge in [0.25, 0.3) is 11.8 Å². The second kappa shape index (κ2) is 10.5. The Morgan fingerprint density at radius 2 is 1.81 bits per heavy atom. The van der Waals surface area contributed by atoms with Crippen LogP contribution in [0.1, 0.15) is 89.1 Å². The summed E-state index contributed by atoms with van der Waals surface area (Å²) in [5.41, 5.74) is 2.41. The van der Waals surface area contributed by atoms with E-state index in [1.165, 1.54) is 6.42 Å². The van der Waals surface area contributed by atoms with Gasteiger partial charge in [-0.25, -0.2) is 4.98 Å². The molecule has 0 spiro atoms. The molecule has 36 heavy (non-hydrogen) atoms. The lowest BCUT2D eigenvalue weighted by molar-refractivity contribution is 0.0903. The third kappa shape index (κ3) is 5.58. The van der Waals surface area contributed by atoms with Crippen LogP contribution in [0.25, 0.3) is 0 Å². The number of nitrogens with one attached hydrogen (secondary N) is 2. The van der Waals surface area contributed by atoms with Crippen molar-refractivity contribution in [1.29, 1.82) is 0 Å². The Morgan fingerprint density at radius 1 is 1.00 bits per heavy atom. The molecule has 0 saturated heterocycles. The van der Waals surface area contributed by atoms with E-state index in [9.17, 15) is 9.59 Å². The van der Waals surface area contributed by atoms with E-state index in [0.29, 0.717) is 28.8 Å². The number of aromatic nitrogens is 2. The predicted molar refractivity (Wildman–Crippen MR) is 138 cm³/mol. The first-order chi connectivity index (χ1) is 17.5. The molecule has 0 radical (unpaired) electrons. The average molecular weight is 488 g/mol. The van der Waals surface area contributed by atoms with Crippen LogP contribution in [0.15, 0.2) is 53.2 Å². The van der Waals surface area contributed by atoms with Crippen LogP contribution in [0.4, 0.5) is 11.5 Å². The first kappa shape index (κ1) is 24.0. The van der Waals surface area contributed by atoms with Crippen LogP contribution in [-0.4, -0.2) is 36.1 Å². The fourth-order valence-corrected chi connectivity index (χ4v) is 4.91. The first-order valence-corrected chi connectivity index (χ1v) is 12.8. The molecule has 2 aliphatic carbocycles. The quantitative estimate of drug-likeness (QED) is 0.446. The monoisotopic (exact) mass is 487 g/mol. The van der Waals surface area contributed by atoms with Gasteiger partial charge in [0.15, 0.2) is 5.69 Å².